The van der Waals surface area contributed by atoms with E-state index in [0.29, 0.717) is 5.82 Å². The SMILES string of the molecule is O=c1nccc(N/N=C/c2ccncc2)[nH]1. The summed E-state index contributed by atoms with van der Waals surface area (Å²) in [6.45, 7) is 0. The van der Waals surface area contributed by atoms with Crippen molar-refractivity contribution in [3.63, 3.8) is 0 Å². The third kappa shape index (κ3) is 2.74. The molecule has 2 rings (SSSR count). The van der Waals surface area contributed by atoms with Crippen molar-refractivity contribution >= 4 is 12.0 Å². The number of aromatic amines is 1. The Labute approximate surface area is 91.1 Å². The Balaban J connectivity index is 2.03. The number of H-pyrrole nitrogens is 1. The van der Waals surface area contributed by atoms with Gasteiger partial charge in [0.15, 0.2) is 0 Å². The van der Waals surface area contributed by atoms with Gasteiger partial charge in [-0.05, 0) is 23.8 Å². The maximum Gasteiger partial charge on any atom is 0.346 e. The third-order valence-corrected chi connectivity index (χ3v) is 1.78. The molecular weight excluding hydrogens is 206 g/mol. The molecule has 80 valence electrons. The number of rotatable bonds is 3. The molecule has 0 spiro atoms. The predicted molar refractivity (Wildman–Crippen MR) is 60.3 cm³/mol. The summed E-state index contributed by atoms with van der Waals surface area (Å²) in [5.41, 5.74) is 3.19. The highest BCUT2D eigenvalue weighted by molar-refractivity contribution is 5.79. The van der Waals surface area contributed by atoms with E-state index in [0.717, 1.165) is 5.56 Å². The lowest BCUT2D eigenvalue weighted by atomic mass is 10.3. The minimum Gasteiger partial charge on any atom is -0.291 e. The summed E-state index contributed by atoms with van der Waals surface area (Å²) >= 11 is 0. The number of hydrogen-bond donors (Lipinski definition) is 2. The fraction of sp³-hybridized carbons (Fsp3) is 0. The lowest BCUT2D eigenvalue weighted by Crippen LogP contribution is -2.10. The van der Waals surface area contributed by atoms with Crippen LogP contribution in [0.5, 0.6) is 0 Å². The molecule has 2 N–H and O–H groups in total. The highest BCUT2D eigenvalue weighted by atomic mass is 16.1. The van der Waals surface area contributed by atoms with Gasteiger partial charge < -0.3 is 0 Å². The summed E-state index contributed by atoms with van der Waals surface area (Å²) in [6, 6.07) is 5.26. The highest BCUT2D eigenvalue weighted by Crippen LogP contribution is 1.96. The van der Waals surface area contributed by atoms with Gasteiger partial charge in [0.05, 0.1) is 6.21 Å². The number of anilines is 1. The van der Waals surface area contributed by atoms with Crippen molar-refractivity contribution < 1.29 is 0 Å². The van der Waals surface area contributed by atoms with Crippen molar-refractivity contribution in [3.8, 4) is 0 Å². The van der Waals surface area contributed by atoms with Gasteiger partial charge in [-0.1, -0.05) is 0 Å². The van der Waals surface area contributed by atoms with Crippen molar-refractivity contribution in [2.75, 3.05) is 5.43 Å². The maximum absolute atomic E-state index is 10.9. The number of nitrogens with one attached hydrogen (secondary N) is 2. The van der Waals surface area contributed by atoms with Crippen LogP contribution in [0.2, 0.25) is 0 Å². The Morgan fingerprint density at radius 2 is 2.06 bits per heavy atom. The van der Waals surface area contributed by atoms with Crippen molar-refractivity contribution in [1.29, 1.82) is 0 Å². The lowest BCUT2D eigenvalue weighted by molar-refractivity contribution is 1.06. The Kier molecular flexibility index (Phi) is 3.03. The number of aromatic nitrogens is 3. The molecular formula is C10H9N5O. The molecule has 0 unspecified atom stereocenters. The van der Waals surface area contributed by atoms with Crippen LogP contribution in [-0.2, 0) is 0 Å². The molecule has 0 amide bonds. The normalized spacial score (nSPS) is 10.5. The molecule has 16 heavy (non-hydrogen) atoms. The average molecular weight is 215 g/mol. The lowest BCUT2D eigenvalue weighted by Gasteiger charge is -1.97. The molecule has 0 aliphatic rings. The first-order valence-electron chi connectivity index (χ1n) is 4.59. The predicted octanol–water partition coefficient (Wildman–Crippen LogP) is 0.611. The Hall–Kier alpha value is -2.50. The van der Waals surface area contributed by atoms with E-state index in [9.17, 15) is 4.79 Å². The largest absolute Gasteiger partial charge is 0.346 e. The van der Waals surface area contributed by atoms with Gasteiger partial charge in [-0.2, -0.15) is 5.10 Å². The number of hydrogen-bond acceptors (Lipinski definition) is 5. The van der Waals surface area contributed by atoms with Gasteiger partial charge in [0, 0.05) is 18.6 Å². The van der Waals surface area contributed by atoms with E-state index in [-0.39, 0.29) is 0 Å². The third-order valence-electron chi connectivity index (χ3n) is 1.78. The summed E-state index contributed by atoms with van der Waals surface area (Å²) in [7, 11) is 0. The smallest absolute Gasteiger partial charge is 0.291 e. The summed E-state index contributed by atoms with van der Waals surface area (Å²) in [6.07, 6.45) is 6.38. The second-order valence-corrected chi connectivity index (χ2v) is 2.94. The molecule has 0 fully saturated rings. The van der Waals surface area contributed by atoms with Crippen molar-refractivity contribution in [2.24, 2.45) is 5.10 Å². The molecule has 0 aliphatic heterocycles. The molecule has 2 aromatic rings. The van der Waals surface area contributed by atoms with E-state index in [4.69, 9.17) is 0 Å². The zero-order chi connectivity index (χ0) is 11.2. The summed E-state index contributed by atoms with van der Waals surface area (Å²) in [4.78, 5) is 20.7. The molecule has 2 aromatic heterocycles. The maximum atomic E-state index is 10.9. The quantitative estimate of drug-likeness (QED) is 0.580. The molecule has 0 radical (unpaired) electrons. The number of hydrazone groups is 1. The van der Waals surface area contributed by atoms with Gasteiger partial charge in [0.1, 0.15) is 5.82 Å². The fourth-order valence-electron chi connectivity index (χ4n) is 1.06. The van der Waals surface area contributed by atoms with Crippen LogP contribution in [0.1, 0.15) is 5.56 Å². The Morgan fingerprint density at radius 1 is 1.25 bits per heavy atom. The van der Waals surface area contributed by atoms with Crippen LogP contribution in [0.25, 0.3) is 0 Å². The van der Waals surface area contributed by atoms with Gasteiger partial charge in [0.2, 0.25) is 0 Å². The van der Waals surface area contributed by atoms with Crippen molar-refractivity contribution in [2.45, 2.75) is 0 Å². The number of pyridine rings is 1. The van der Waals surface area contributed by atoms with Gasteiger partial charge in [-0.25, -0.2) is 9.78 Å². The van der Waals surface area contributed by atoms with Crippen LogP contribution in [0.4, 0.5) is 5.82 Å². The average Bonchev–Trinajstić information content (AvgIpc) is 2.30. The first-order valence-corrected chi connectivity index (χ1v) is 4.59. The molecule has 0 atom stereocenters. The molecule has 0 aromatic carbocycles. The van der Waals surface area contributed by atoms with E-state index in [1.165, 1.54) is 6.20 Å². The van der Waals surface area contributed by atoms with Crippen LogP contribution in [0.3, 0.4) is 0 Å². The monoisotopic (exact) mass is 215 g/mol. The minimum atomic E-state index is -0.413. The number of nitrogens with zero attached hydrogens (tertiary/aromatic N) is 3. The van der Waals surface area contributed by atoms with Crippen LogP contribution in [0.15, 0.2) is 46.7 Å². The second-order valence-electron chi connectivity index (χ2n) is 2.94. The van der Waals surface area contributed by atoms with Gasteiger partial charge in [-0.3, -0.25) is 15.4 Å². The van der Waals surface area contributed by atoms with Crippen molar-refractivity contribution in [1.82, 2.24) is 15.0 Å². The molecule has 6 heteroatoms. The van der Waals surface area contributed by atoms with Gasteiger partial charge in [0.25, 0.3) is 0 Å². The molecule has 0 aliphatic carbocycles. The first-order chi connectivity index (χ1) is 7.84. The zero-order valence-corrected chi connectivity index (χ0v) is 8.29. The van der Waals surface area contributed by atoms with E-state index in [1.54, 1.807) is 24.7 Å². The molecule has 0 saturated heterocycles. The first kappa shape index (κ1) is 10.0. The van der Waals surface area contributed by atoms with E-state index in [1.807, 2.05) is 12.1 Å². The summed E-state index contributed by atoms with van der Waals surface area (Å²) < 4.78 is 0. The van der Waals surface area contributed by atoms with E-state index >= 15 is 0 Å². The second kappa shape index (κ2) is 4.83. The summed E-state index contributed by atoms with van der Waals surface area (Å²) in [5.74, 6) is 0.491. The summed E-state index contributed by atoms with van der Waals surface area (Å²) in [5, 5.41) is 3.95. The molecule has 2 heterocycles. The van der Waals surface area contributed by atoms with Crippen LogP contribution in [0, 0.1) is 0 Å². The Bertz CT molecular complexity index is 534. The Morgan fingerprint density at radius 3 is 2.81 bits per heavy atom. The molecule has 0 bridgehead atoms. The minimum absolute atomic E-state index is 0.413. The zero-order valence-electron chi connectivity index (χ0n) is 8.29. The van der Waals surface area contributed by atoms with E-state index in [2.05, 4.69) is 25.5 Å². The fourth-order valence-corrected chi connectivity index (χ4v) is 1.06. The van der Waals surface area contributed by atoms with Crippen LogP contribution < -0.4 is 11.1 Å². The van der Waals surface area contributed by atoms with Crippen LogP contribution >= 0.6 is 0 Å². The molecule has 0 saturated carbocycles. The standard InChI is InChI=1S/C10H9N5O/c16-10-12-6-3-9(14-10)15-13-7-8-1-4-11-5-2-8/h1-7H,(H2,12,14,15,16)/b13-7+. The molecule has 6 nitrogen and oxygen atoms in total. The van der Waals surface area contributed by atoms with Gasteiger partial charge in [-0.15, -0.1) is 0 Å². The topological polar surface area (TPSA) is 83.0 Å². The van der Waals surface area contributed by atoms with Gasteiger partial charge >= 0.3 is 5.69 Å². The van der Waals surface area contributed by atoms with E-state index < -0.39 is 5.69 Å². The van der Waals surface area contributed by atoms with Crippen molar-refractivity contribution in [3.05, 3.63) is 52.8 Å². The highest BCUT2D eigenvalue weighted by Gasteiger charge is 1.89. The van der Waals surface area contributed by atoms with Crippen LogP contribution in [-0.4, -0.2) is 21.2 Å².